The van der Waals surface area contributed by atoms with Gasteiger partial charge in [0.2, 0.25) is 0 Å². The Morgan fingerprint density at radius 1 is 1.12 bits per heavy atom. The second-order valence-corrected chi connectivity index (χ2v) is 7.11. The predicted octanol–water partition coefficient (Wildman–Crippen LogP) is 2.25. The van der Waals surface area contributed by atoms with Crippen LogP contribution >= 0.6 is 0 Å². The lowest BCUT2D eigenvalue weighted by Gasteiger charge is -2.28. The lowest BCUT2D eigenvalue weighted by atomic mass is 9.93. The van der Waals surface area contributed by atoms with Gasteiger partial charge in [-0.3, -0.25) is 4.90 Å². The molecule has 3 N–H and O–H groups in total. The summed E-state index contributed by atoms with van der Waals surface area (Å²) < 4.78 is 0. The van der Waals surface area contributed by atoms with Crippen molar-refractivity contribution in [3.05, 3.63) is 35.9 Å². The third-order valence-electron chi connectivity index (χ3n) is 5.26. The maximum atomic E-state index is 12.1. The normalized spacial score (nSPS) is 27.8. The zero-order valence-corrected chi connectivity index (χ0v) is 14.3. The number of hydrogen-bond donors (Lipinski definition) is 3. The molecule has 0 spiro atoms. The fourth-order valence-corrected chi connectivity index (χ4v) is 3.82. The Morgan fingerprint density at radius 2 is 1.88 bits per heavy atom. The van der Waals surface area contributed by atoms with Crippen LogP contribution in [0.5, 0.6) is 0 Å². The van der Waals surface area contributed by atoms with E-state index in [1.165, 1.54) is 12.0 Å². The van der Waals surface area contributed by atoms with E-state index < -0.39 is 0 Å². The standard InChI is InChI=1S/C19H29N3O2/c23-18-10-8-16(9-11-18)21-19(24)20-13-17-7-4-12-22(17)14-15-5-2-1-3-6-15/h1-3,5-6,16-18,23H,4,7-14H2,(H2,20,21,24). The number of rotatable bonds is 5. The van der Waals surface area contributed by atoms with Gasteiger partial charge in [0.1, 0.15) is 0 Å². The van der Waals surface area contributed by atoms with E-state index in [-0.39, 0.29) is 18.2 Å². The Morgan fingerprint density at radius 3 is 2.62 bits per heavy atom. The first kappa shape index (κ1) is 17.2. The summed E-state index contributed by atoms with van der Waals surface area (Å²) >= 11 is 0. The molecule has 1 aromatic rings. The lowest BCUT2D eigenvalue weighted by Crippen LogP contribution is -2.47. The van der Waals surface area contributed by atoms with Gasteiger partial charge in [0.05, 0.1) is 6.10 Å². The molecular weight excluding hydrogens is 302 g/mol. The summed E-state index contributed by atoms with van der Waals surface area (Å²) in [6, 6.07) is 11.1. The molecule has 1 aliphatic carbocycles. The minimum Gasteiger partial charge on any atom is -0.393 e. The molecule has 1 unspecified atom stereocenters. The Kier molecular flexibility index (Phi) is 6.10. The van der Waals surface area contributed by atoms with Gasteiger partial charge in [0.25, 0.3) is 0 Å². The summed E-state index contributed by atoms with van der Waals surface area (Å²) in [6.07, 6.45) is 5.48. The number of nitrogens with zero attached hydrogens (tertiary/aromatic N) is 1. The molecule has 1 atom stereocenters. The van der Waals surface area contributed by atoms with Gasteiger partial charge in [-0.15, -0.1) is 0 Å². The topological polar surface area (TPSA) is 64.6 Å². The van der Waals surface area contributed by atoms with Crippen molar-refractivity contribution in [1.82, 2.24) is 15.5 Å². The zero-order valence-electron chi connectivity index (χ0n) is 14.3. The summed E-state index contributed by atoms with van der Waals surface area (Å²) in [6.45, 7) is 2.76. The van der Waals surface area contributed by atoms with Gasteiger partial charge >= 0.3 is 6.03 Å². The van der Waals surface area contributed by atoms with Crippen LogP contribution in [0, 0.1) is 0 Å². The van der Waals surface area contributed by atoms with Gasteiger partial charge in [0, 0.05) is 25.2 Å². The number of carbonyl (C=O) groups is 1. The molecule has 1 aliphatic heterocycles. The molecule has 2 aliphatic rings. The summed E-state index contributed by atoms with van der Waals surface area (Å²) in [4.78, 5) is 14.6. The fraction of sp³-hybridized carbons (Fsp3) is 0.632. The highest BCUT2D eigenvalue weighted by Crippen LogP contribution is 2.20. The van der Waals surface area contributed by atoms with E-state index in [9.17, 15) is 9.90 Å². The van der Waals surface area contributed by atoms with Gasteiger partial charge in [-0.05, 0) is 50.6 Å². The molecule has 2 amide bonds. The Hall–Kier alpha value is -1.59. The van der Waals surface area contributed by atoms with Gasteiger partial charge < -0.3 is 15.7 Å². The maximum Gasteiger partial charge on any atom is 0.315 e. The molecular formula is C19H29N3O2. The number of likely N-dealkylation sites (tertiary alicyclic amines) is 1. The van der Waals surface area contributed by atoms with E-state index in [2.05, 4.69) is 39.8 Å². The van der Waals surface area contributed by atoms with Crippen LogP contribution in [0.2, 0.25) is 0 Å². The number of nitrogens with one attached hydrogen (secondary N) is 2. The fourth-order valence-electron chi connectivity index (χ4n) is 3.82. The minimum absolute atomic E-state index is 0.0667. The summed E-state index contributed by atoms with van der Waals surface area (Å²) in [5, 5.41) is 15.6. The number of benzene rings is 1. The molecule has 2 fully saturated rings. The Bertz CT molecular complexity index is 515. The maximum absolute atomic E-state index is 12.1. The van der Waals surface area contributed by atoms with Crippen molar-refractivity contribution in [1.29, 1.82) is 0 Å². The second-order valence-electron chi connectivity index (χ2n) is 7.11. The van der Waals surface area contributed by atoms with E-state index >= 15 is 0 Å². The number of urea groups is 1. The average molecular weight is 331 g/mol. The van der Waals surface area contributed by atoms with Crippen LogP contribution in [0.4, 0.5) is 4.79 Å². The monoisotopic (exact) mass is 331 g/mol. The molecule has 5 heteroatoms. The van der Waals surface area contributed by atoms with Crippen LogP contribution in [0.1, 0.15) is 44.1 Å². The van der Waals surface area contributed by atoms with E-state index in [0.29, 0.717) is 12.6 Å². The average Bonchev–Trinajstić information content (AvgIpc) is 3.03. The highest BCUT2D eigenvalue weighted by atomic mass is 16.3. The number of hydrogen-bond acceptors (Lipinski definition) is 3. The molecule has 1 saturated carbocycles. The molecule has 1 saturated heterocycles. The summed E-state index contributed by atoms with van der Waals surface area (Å²) in [5.74, 6) is 0. The van der Waals surface area contributed by atoms with Crippen molar-refractivity contribution < 1.29 is 9.90 Å². The molecule has 0 bridgehead atoms. The first-order valence-corrected chi connectivity index (χ1v) is 9.21. The van der Waals surface area contributed by atoms with Gasteiger partial charge in [-0.25, -0.2) is 4.79 Å². The van der Waals surface area contributed by atoms with Crippen molar-refractivity contribution >= 4 is 6.03 Å². The van der Waals surface area contributed by atoms with E-state index in [4.69, 9.17) is 0 Å². The van der Waals surface area contributed by atoms with Crippen molar-refractivity contribution in [2.75, 3.05) is 13.1 Å². The lowest BCUT2D eigenvalue weighted by molar-refractivity contribution is 0.117. The summed E-state index contributed by atoms with van der Waals surface area (Å²) in [7, 11) is 0. The number of amides is 2. The van der Waals surface area contributed by atoms with Crippen LogP contribution < -0.4 is 10.6 Å². The zero-order chi connectivity index (χ0) is 16.8. The van der Waals surface area contributed by atoms with Gasteiger partial charge in [-0.2, -0.15) is 0 Å². The molecule has 24 heavy (non-hydrogen) atoms. The molecule has 0 radical (unpaired) electrons. The van der Waals surface area contributed by atoms with Gasteiger partial charge in [-0.1, -0.05) is 30.3 Å². The first-order chi connectivity index (χ1) is 11.7. The van der Waals surface area contributed by atoms with Crippen LogP contribution in [0.3, 0.4) is 0 Å². The molecule has 0 aromatic heterocycles. The van der Waals surface area contributed by atoms with Crippen molar-refractivity contribution in [2.24, 2.45) is 0 Å². The number of aliphatic hydroxyl groups is 1. The van der Waals surface area contributed by atoms with E-state index in [1.54, 1.807) is 0 Å². The summed E-state index contributed by atoms with van der Waals surface area (Å²) in [5.41, 5.74) is 1.33. The van der Waals surface area contributed by atoms with Crippen LogP contribution in [0.25, 0.3) is 0 Å². The number of carbonyl (C=O) groups excluding carboxylic acids is 1. The highest BCUT2D eigenvalue weighted by molar-refractivity contribution is 5.74. The van der Waals surface area contributed by atoms with E-state index in [0.717, 1.165) is 45.2 Å². The number of aliphatic hydroxyl groups excluding tert-OH is 1. The van der Waals surface area contributed by atoms with Gasteiger partial charge in [0.15, 0.2) is 0 Å². The Labute approximate surface area is 144 Å². The largest absolute Gasteiger partial charge is 0.393 e. The molecule has 5 nitrogen and oxygen atoms in total. The molecule has 1 aromatic carbocycles. The third-order valence-corrected chi connectivity index (χ3v) is 5.26. The molecule has 132 valence electrons. The third kappa shape index (κ3) is 4.95. The van der Waals surface area contributed by atoms with Crippen LogP contribution in [-0.4, -0.2) is 47.3 Å². The predicted molar refractivity (Wildman–Crippen MR) is 94.7 cm³/mol. The smallest absolute Gasteiger partial charge is 0.315 e. The van der Waals surface area contributed by atoms with Crippen LogP contribution in [-0.2, 0) is 6.54 Å². The van der Waals surface area contributed by atoms with Crippen molar-refractivity contribution in [3.63, 3.8) is 0 Å². The minimum atomic E-state index is -0.184. The first-order valence-electron chi connectivity index (χ1n) is 9.21. The van der Waals surface area contributed by atoms with Crippen molar-refractivity contribution in [3.8, 4) is 0 Å². The van der Waals surface area contributed by atoms with Crippen LogP contribution in [0.15, 0.2) is 30.3 Å². The molecule has 1 heterocycles. The SMILES string of the molecule is O=C(NCC1CCCN1Cc1ccccc1)NC1CCC(O)CC1. The van der Waals surface area contributed by atoms with E-state index in [1.807, 2.05) is 6.07 Å². The quantitative estimate of drug-likeness (QED) is 0.775. The Balaban J connectivity index is 1.41. The second kappa shape index (κ2) is 8.49. The highest BCUT2D eigenvalue weighted by Gasteiger charge is 2.25. The molecule has 3 rings (SSSR count). The van der Waals surface area contributed by atoms with Crippen molar-refractivity contribution in [2.45, 2.75) is 63.3 Å².